The monoisotopic (exact) mass is 482 g/mol. The summed E-state index contributed by atoms with van der Waals surface area (Å²) in [4.78, 5) is 39.8. The van der Waals surface area contributed by atoms with Gasteiger partial charge in [-0.15, -0.1) is 0 Å². The lowest BCUT2D eigenvalue weighted by molar-refractivity contribution is -0.138. The summed E-state index contributed by atoms with van der Waals surface area (Å²) in [5.74, 6) is -0.622. The van der Waals surface area contributed by atoms with Gasteiger partial charge in [0, 0.05) is 17.1 Å². The van der Waals surface area contributed by atoms with Crippen molar-refractivity contribution in [3.05, 3.63) is 107 Å². The number of ether oxygens (including phenoxy) is 2. The summed E-state index contributed by atoms with van der Waals surface area (Å²) < 4.78 is 10.8. The first-order valence-corrected chi connectivity index (χ1v) is 11.5. The highest BCUT2D eigenvalue weighted by Crippen LogP contribution is 2.35. The van der Waals surface area contributed by atoms with Crippen molar-refractivity contribution in [2.75, 3.05) is 23.4 Å². The highest BCUT2D eigenvalue weighted by Gasteiger charge is 2.37. The van der Waals surface area contributed by atoms with Crippen LogP contribution in [0.4, 0.5) is 11.4 Å². The third kappa shape index (κ3) is 5.52. The number of nitrogens with zero attached hydrogens (tertiary/aromatic N) is 1. The fourth-order valence-electron chi connectivity index (χ4n) is 3.86. The Labute approximate surface area is 209 Å². The first-order chi connectivity index (χ1) is 17.5. The molecule has 0 radical (unpaired) electrons. The average Bonchev–Trinajstić information content (AvgIpc) is 3.13. The van der Waals surface area contributed by atoms with E-state index in [0.29, 0.717) is 28.4 Å². The molecule has 0 spiro atoms. The Balaban J connectivity index is 1.51. The number of carbonyl (C=O) groups excluding carboxylic acids is 3. The predicted octanol–water partition coefficient (Wildman–Crippen LogP) is 4.97. The van der Waals surface area contributed by atoms with E-state index in [2.05, 4.69) is 5.32 Å². The number of amides is 2. The topological polar surface area (TPSA) is 84.9 Å². The van der Waals surface area contributed by atoms with E-state index in [4.69, 9.17) is 9.47 Å². The number of hydrogen-bond donors (Lipinski definition) is 1. The lowest BCUT2D eigenvalue weighted by atomic mass is 10.0. The minimum atomic E-state index is -0.544. The lowest BCUT2D eigenvalue weighted by Crippen LogP contribution is -2.24. The molecule has 182 valence electrons. The van der Waals surface area contributed by atoms with E-state index in [0.717, 1.165) is 0 Å². The highest BCUT2D eigenvalue weighted by molar-refractivity contribution is 6.23. The number of hydrogen-bond acceptors (Lipinski definition) is 5. The molecule has 1 N–H and O–H groups in total. The molecule has 0 saturated heterocycles. The molecule has 3 aromatic rings. The molecule has 0 aliphatic carbocycles. The molecule has 7 nitrogen and oxygen atoms in total. The fraction of sp³-hybridized carbons (Fsp3) is 0.138. The van der Waals surface area contributed by atoms with E-state index >= 15 is 0 Å². The van der Waals surface area contributed by atoms with Crippen LogP contribution in [-0.2, 0) is 19.1 Å². The predicted molar refractivity (Wildman–Crippen MR) is 138 cm³/mol. The molecule has 1 aliphatic rings. The Morgan fingerprint density at radius 3 is 2.19 bits per heavy atom. The van der Waals surface area contributed by atoms with E-state index in [-0.39, 0.29) is 36.2 Å². The number of benzene rings is 3. The Morgan fingerprint density at radius 1 is 0.917 bits per heavy atom. The van der Waals surface area contributed by atoms with Gasteiger partial charge in [0.05, 0.1) is 17.8 Å². The smallest absolute Gasteiger partial charge is 0.340 e. The van der Waals surface area contributed by atoms with Crippen LogP contribution in [0.25, 0.3) is 6.08 Å². The van der Waals surface area contributed by atoms with Crippen LogP contribution in [0.3, 0.4) is 0 Å². The maximum atomic E-state index is 13.4. The average molecular weight is 483 g/mol. The van der Waals surface area contributed by atoms with E-state index in [1.807, 2.05) is 48.5 Å². The van der Waals surface area contributed by atoms with Gasteiger partial charge in [0.25, 0.3) is 11.8 Å². The van der Waals surface area contributed by atoms with Gasteiger partial charge in [-0.25, -0.2) is 4.79 Å². The van der Waals surface area contributed by atoms with E-state index < -0.39 is 5.97 Å². The van der Waals surface area contributed by atoms with Crippen molar-refractivity contribution in [3.8, 4) is 5.75 Å². The number of para-hydroxylation sites is 2. The molecule has 0 saturated carbocycles. The van der Waals surface area contributed by atoms with Crippen LogP contribution in [0.1, 0.15) is 19.4 Å². The van der Waals surface area contributed by atoms with Gasteiger partial charge in [0.2, 0.25) is 0 Å². The number of allylic oxidation sites excluding steroid dienone is 1. The molecule has 0 atom stereocenters. The minimum absolute atomic E-state index is 0.144. The molecule has 0 aromatic heterocycles. The van der Waals surface area contributed by atoms with Crippen LogP contribution in [0.5, 0.6) is 5.75 Å². The molecule has 3 aromatic carbocycles. The Morgan fingerprint density at radius 2 is 1.56 bits per heavy atom. The van der Waals surface area contributed by atoms with E-state index in [9.17, 15) is 14.4 Å². The third-order valence-electron chi connectivity index (χ3n) is 5.51. The number of nitrogens with one attached hydrogen (secondary N) is 1. The quantitative estimate of drug-likeness (QED) is 0.362. The normalized spacial score (nSPS) is 14.2. The molecule has 2 amide bonds. The van der Waals surface area contributed by atoms with Gasteiger partial charge < -0.3 is 14.8 Å². The maximum Gasteiger partial charge on any atom is 0.340 e. The first kappa shape index (κ1) is 24.5. The fourth-order valence-corrected chi connectivity index (χ4v) is 3.86. The maximum absolute atomic E-state index is 13.4. The van der Waals surface area contributed by atoms with Gasteiger partial charge >= 0.3 is 5.97 Å². The van der Waals surface area contributed by atoms with Crippen molar-refractivity contribution in [2.24, 2.45) is 0 Å². The number of carbonyl (C=O) groups is 3. The Bertz CT molecular complexity index is 1310. The van der Waals surface area contributed by atoms with E-state index in [1.165, 1.54) is 4.90 Å². The summed E-state index contributed by atoms with van der Waals surface area (Å²) >= 11 is 0. The summed E-state index contributed by atoms with van der Waals surface area (Å²) in [6, 6.07) is 25.2. The summed E-state index contributed by atoms with van der Waals surface area (Å²) in [7, 11) is 0. The van der Waals surface area contributed by atoms with Crippen LogP contribution in [0.2, 0.25) is 0 Å². The SMILES string of the molecule is CCOC(=O)C1=C(C)N(c2ccccc2)C(=O)/C1=C/c1ccc(OCC(=O)Nc2ccccc2)cc1. The van der Waals surface area contributed by atoms with E-state index in [1.54, 1.807) is 56.3 Å². The third-order valence-corrected chi connectivity index (χ3v) is 5.51. The van der Waals surface area contributed by atoms with Crippen LogP contribution >= 0.6 is 0 Å². The highest BCUT2D eigenvalue weighted by atomic mass is 16.5. The molecule has 0 fully saturated rings. The molecule has 4 rings (SSSR count). The molecule has 36 heavy (non-hydrogen) atoms. The molecule has 1 aliphatic heterocycles. The Kier molecular flexibility index (Phi) is 7.60. The Hall–Kier alpha value is -4.65. The molecular formula is C29H26N2O5. The van der Waals surface area contributed by atoms with Gasteiger partial charge in [0.1, 0.15) is 5.75 Å². The van der Waals surface area contributed by atoms with Crippen LogP contribution in [0.15, 0.2) is 102 Å². The van der Waals surface area contributed by atoms with Crippen LogP contribution in [-0.4, -0.2) is 31.0 Å². The van der Waals surface area contributed by atoms with Crippen molar-refractivity contribution in [3.63, 3.8) is 0 Å². The number of rotatable bonds is 8. The first-order valence-electron chi connectivity index (χ1n) is 11.5. The van der Waals surface area contributed by atoms with Gasteiger partial charge in [-0.3, -0.25) is 14.5 Å². The van der Waals surface area contributed by atoms with Gasteiger partial charge in [0.15, 0.2) is 6.61 Å². The second-order valence-corrected chi connectivity index (χ2v) is 7.99. The molecule has 0 unspecified atom stereocenters. The zero-order valence-corrected chi connectivity index (χ0v) is 20.1. The van der Waals surface area contributed by atoms with Crippen molar-refractivity contribution in [1.29, 1.82) is 0 Å². The van der Waals surface area contributed by atoms with Crippen LogP contribution in [0, 0.1) is 0 Å². The number of esters is 1. The standard InChI is InChI=1S/C29H26N2O5/c1-3-35-29(34)27-20(2)31(23-12-8-5-9-13-23)28(33)25(27)18-21-14-16-24(17-15-21)36-19-26(32)30-22-10-6-4-7-11-22/h4-18H,3,19H2,1-2H3,(H,30,32)/b25-18+. The van der Waals surface area contributed by atoms with Crippen molar-refractivity contribution in [1.82, 2.24) is 0 Å². The zero-order chi connectivity index (χ0) is 25.5. The van der Waals surface area contributed by atoms with Gasteiger partial charge in [-0.2, -0.15) is 0 Å². The summed E-state index contributed by atoms with van der Waals surface area (Å²) in [6.45, 7) is 3.51. The van der Waals surface area contributed by atoms with Gasteiger partial charge in [-0.05, 0) is 61.9 Å². The van der Waals surface area contributed by atoms with Crippen molar-refractivity contribution >= 4 is 35.2 Å². The molecular weight excluding hydrogens is 456 g/mol. The largest absolute Gasteiger partial charge is 0.484 e. The zero-order valence-electron chi connectivity index (χ0n) is 20.1. The van der Waals surface area contributed by atoms with Gasteiger partial charge in [-0.1, -0.05) is 48.5 Å². The van der Waals surface area contributed by atoms with Crippen molar-refractivity contribution in [2.45, 2.75) is 13.8 Å². The van der Waals surface area contributed by atoms with Crippen molar-refractivity contribution < 1.29 is 23.9 Å². The van der Waals surface area contributed by atoms with Crippen LogP contribution < -0.4 is 15.0 Å². The molecule has 0 bridgehead atoms. The molecule has 1 heterocycles. The molecule has 7 heteroatoms. The summed E-state index contributed by atoms with van der Waals surface area (Å²) in [6.07, 6.45) is 1.66. The second kappa shape index (κ2) is 11.2. The number of anilines is 2. The minimum Gasteiger partial charge on any atom is -0.484 e. The second-order valence-electron chi connectivity index (χ2n) is 7.99. The summed E-state index contributed by atoms with van der Waals surface area (Å²) in [5.41, 5.74) is 3.07. The summed E-state index contributed by atoms with van der Waals surface area (Å²) in [5, 5.41) is 2.76. The lowest BCUT2D eigenvalue weighted by Gasteiger charge is -2.17.